The van der Waals surface area contributed by atoms with E-state index in [1.54, 1.807) is 29.2 Å². The molecule has 1 heterocycles. The Balaban J connectivity index is 0.00000192. The predicted octanol–water partition coefficient (Wildman–Crippen LogP) is 2.80. The topological polar surface area (TPSA) is 72.9 Å². The van der Waals surface area contributed by atoms with Crippen molar-refractivity contribution in [1.82, 2.24) is 15.1 Å². The number of aromatic nitrogens is 2. The normalized spacial score (nSPS) is 20.1. The van der Waals surface area contributed by atoms with Gasteiger partial charge in [0.1, 0.15) is 0 Å². The zero-order valence-corrected chi connectivity index (χ0v) is 14.2. The quantitative estimate of drug-likeness (QED) is 0.886. The summed E-state index contributed by atoms with van der Waals surface area (Å²) in [4.78, 5) is 12.3. The van der Waals surface area contributed by atoms with Crippen molar-refractivity contribution in [2.75, 3.05) is 6.54 Å². The Morgan fingerprint density at radius 3 is 3.00 bits per heavy atom. The number of nitrogens with one attached hydrogen (secondary N) is 1. The largest absolute Gasteiger partial charge is 0.349 e. The Kier molecular flexibility index (Phi) is 6.04. The molecule has 1 aromatic carbocycles. The van der Waals surface area contributed by atoms with Crippen LogP contribution in [0.4, 0.5) is 0 Å². The van der Waals surface area contributed by atoms with E-state index in [0.717, 1.165) is 24.9 Å². The van der Waals surface area contributed by atoms with E-state index in [-0.39, 0.29) is 24.4 Å². The van der Waals surface area contributed by atoms with Crippen LogP contribution < -0.4 is 11.1 Å². The molecular weight excluding hydrogens is 335 g/mol. The van der Waals surface area contributed by atoms with E-state index in [0.29, 0.717) is 23.0 Å². The van der Waals surface area contributed by atoms with Crippen molar-refractivity contribution in [2.45, 2.75) is 25.3 Å². The van der Waals surface area contributed by atoms with Gasteiger partial charge < -0.3 is 11.1 Å². The standard InChI is InChI=1S/C16H19ClN4O.ClH/c17-13-4-2-5-14(7-13)21-10-12(9-19-21)16(22)20-15-6-1-3-11(15)8-18;/h2,4-5,7,9-11,15H,1,3,6,8,18H2,(H,20,22);1H. The summed E-state index contributed by atoms with van der Waals surface area (Å²) in [6, 6.07) is 7.52. The van der Waals surface area contributed by atoms with Gasteiger partial charge in [0.25, 0.3) is 5.91 Å². The molecule has 0 spiro atoms. The molecule has 1 aromatic heterocycles. The minimum Gasteiger partial charge on any atom is -0.349 e. The van der Waals surface area contributed by atoms with Crippen molar-refractivity contribution in [3.63, 3.8) is 0 Å². The summed E-state index contributed by atoms with van der Waals surface area (Å²) in [6.45, 7) is 0.618. The van der Waals surface area contributed by atoms with Crippen LogP contribution in [0.25, 0.3) is 5.69 Å². The summed E-state index contributed by atoms with van der Waals surface area (Å²) >= 11 is 5.98. The highest BCUT2D eigenvalue weighted by Crippen LogP contribution is 2.25. The van der Waals surface area contributed by atoms with E-state index >= 15 is 0 Å². The number of nitrogens with two attached hydrogens (primary N) is 1. The Morgan fingerprint density at radius 2 is 2.26 bits per heavy atom. The number of hydrogen-bond acceptors (Lipinski definition) is 3. The molecule has 1 saturated carbocycles. The summed E-state index contributed by atoms with van der Waals surface area (Å²) in [5.41, 5.74) is 7.12. The fourth-order valence-electron chi connectivity index (χ4n) is 2.96. The molecule has 1 aliphatic carbocycles. The number of hydrogen-bond donors (Lipinski definition) is 2. The summed E-state index contributed by atoms with van der Waals surface area (Å²) in [5.74, 6) is 0.283. The average Bonchev–Trinajstić information content (AvgIpc) is 3.16. The monoisotopic (exact) mass is 354 g/mol. The van der Waals surface area contributed by atoms with Crippen molar-refractivity contribution < 1.29 is 4.79 Å². The van der Waals surface area contributed by atoms with Gasteiger partial charge in [0.05, 0.1) is 17.4 Å². The molecule has 0 aliphatic heterocycles. The molecule has 2 unspecified atom stereocenters. The lowest BCUT2D eigenvalue weighted by Crippen LogP contribution is -2.39. The summed E-state index contributed by atoms with van der Waals surface area (Å²) < 4.78 is 1.65. The third-order valence-corrected chi connectivity index (χ3v) is 4.43. The fraction of sp³-hybridized carbons (Fsp3) is 0.375. The molecule has 0 radical (unpaired) electrons. The summed E-state index contributed by atoms with van der Waals surface area (Å²) in [7, 11) is 0. The van der Waals surface area contributed by atoms with Crippen molar-refractivity contribution in [3.05, 3.63) is 47.2 Å². The van der Waals surface area contributed by atoms with Gasteiger partial charge in [0.15, 0.2) is 0 Å². The van der Waals surface area contributed by atoms with Gasteiger partial charge in [-0.3, -0.25) is 4.79 Å². The van der Waals surface area contributed by atoms with Crippen LogP contribution >= 0.6 is 24.0 Å². The van der Waals surface area contributed by atoms with Gasteiger partial charge in [0.2, 0.25) is 0 Å². The minimum absolute atomic E-state index is 0. The molecule has 0 saturated heterocycles. The van der Waals surface area contributed by atoms with Crippen LogP contribution in [0.2, 0.25) is 5.02 Å². The number of rotatable bonds is 4. The molecule has 2 atom stereocenters. The lowest BCUT2D eigenvalue weighted by atomic mass is 10.0. The maximum atomic E-state index is 12.3. The number of amides is 1. The number of halogens is 2. The van der Waals surface area contributed by atoms with Crippen LogP contribution in [-0.4, -0.2) is 28.3 Å². The second-order valence-electron chi connectivity index (χ2n) is 5.66. The van der Waals surface area contributed by atoms with Crippen LogP contribution in [-0.2, 0) is 0 Å². The fourth-order valence-corrected chi connectivity index (χ4v) is 3.15. The maximum absolute atomic E-state index is 12.3. The summed E-state index contributed by atoms with van der Waals surface area (Å²) in [6.07, 6.45) is 6.49. The van der Waals surface area contributed by atoms with E-state index in [2.05, 4.69) is 10.4 Å². The number of carbonyl (C=O) groups is 1. The first-order chi connectivity index (χ1) is 10.7. The third-order valence-electron chi connectivity index (χ3n) is 4.20. The van der Waals surface area contributed by atoms with Crippen LogP contribution in [0.15, 0.2) is 36.7 Å². The zero-order chi connectivity index (χ0) is 15.5. The Morgan fingerprint density at radius 1 is 1.43 bits per heavy atom. The van der Waals surface area contributed by atoms with Gasteiger partial charge in [-0.05, 0) is 43.5 Å². The van der Waals surface area contributed by atoms with Crippen molar-refractivity contribution in [2.24, 2.45) is 11.7 Å². The SMILES string of the molecule is Cl.NCC1CCCC1NC(=O)c1cnn(-c2cccc(Cl)c2)c1. The molecule has 1 fully saturated rings. The van der Waals surface area contributed by atoms with Crippen molar-refractivity contribution in [1.29, 1.82) is 0 Å². The average molecular weight is 355 g/mol. The van der Waals surface area contributed by atoms with Gasteiger partial charge in [-0.15, -0.1) is 12.4 Å². The first-order valence-electron chi connectivity index (χ1n) is 7.49. The molecule has 5 nitrogen and oxygen atoms in total. The highest BCUT2D eigenvalue weighted by atomic mass is 35.5. The van der Waals surface area contributed by atoms with E-state index in [1.165, 1.54) is 0 Å². The van der Waals surface area contributed by atoms with Gasteiger partial charge in [-0.25, -0.2) is 4.68 Å². The van der Waals surface area contributed by atoms with Crippen molar-refractivity contribution >= 4 is 29.9 Å². The van der Waals surface area contributed by atoms with Crippen LogP contribution in [0, 0.1) is 5.92 Å². The Bertz CT molecular complexity index is 674. The molecule has 3 rings (SSSR count). The van der Waals surface area contributed by atoms with Gasteiger partial charge >= 0.3 is 0 Å². The second kappa shape index (κ2) is 7.81. The van der Waals surface area contributed by atoms with E-state index in [1.807, 2.05) is 12.1 Å². The van der Waals surface area contributed by atoms with Gasteiger partial charge in [-0.1, -0.05) is 24.1 Å². The highest BCUT2D eigenvalue weighted by Gasteiger charge is 2.27. The third kappa shape index (κ3) is 4.05. The van der Waals surface area contributed by atoms with Gasteiger partial charge in [-0.2, -0.15) is 5.10 Å². The summed E-state index contributed by atoms with van der Waals surface area (Å²) in [5, 5.41) is 7.94. The molecule has 124 valence electrons. The smallest absolute Gasteiger partial charge is 0.254 e. The molecule has 3 N–H and O–H groups in total. The predicted molar refractivity (Wildman–Crippen MR) is 93.5 cm³/mol. The second-order valence-corrected chi connectivity index (χ2v) is 6.10. The first-order valence-corrected chi connectivity index (χ1v) is 7.86. The molecular formula is C16H20Cl2N4O. The van der Waals surface area contributed by atoms with Crippen LogP contribution in [0.3, 0.4) is 0 Å². The van der Waals surface area contributed by atoms with E-state index in [4.69, 9.17) is 17.3 Å². The molecule has 1 aliphatic rings. The molecule has 1 amide bonds. The lowest BCUT2D eigenvalue weighted by molar-refractivity contribution is 0.0929. The van der Waals surface area contributed by atoms with Crippen LogP contribution in [0.1, 0.15) is 29.6 Å². The molecule has 0 bridgehead atoms. The number of benzene rings is 1. The maximum Gasteiger partial charge on any atom is 0.254 e. The minimum atomic E-state index is -0.0985. The number of carbonyl (C=O) groups excluding carboxylic acids is 1. The van der Waals surface area contributed by atoms with E-state index < -0.39 is 0 Å². The molecule has 2 aromatic rings. The Hall–Kier alpha value is -1.56. The van der Waals surface area contributed by atoms with Gasteiger partial charge in [0, 0.05) is 17.3 Å². The van der Waals surface area contributed by atoms with Crippen molar-refractivity contribution in [3.8, 4) is 5.69 Å². The molecule has 23 heavy (non-hydrogen) atoms. The zero-order valence-electron chi connectivity index (χ0n) is 12.6. The molecule has 7 heteroatoms. The van der Waals surface area contributed by atoms with E-state index in [9.17, 15) is 4.79 Å². The van der Waals surface area contributed by atoms with Crippen LogP contribution in [0.5, 0.6) is 0 Å². The lowest BCUT2D eigenvalue weighted by Gasteiger charge is -2.18. The highest BCUT2D eigenvalue weighted by molar-refractivity contribution is 6.30. The first kappa shape index (κ1) is 17.8. The number of nitrogens with zero attached hydrogens (tertiary/aromatic N) is 2. The Labute approximate surface area is 146 Å².